The molecular weight excluding hydrogens is 366 g/mol. The lowest BCUT2D eigenvalue weighted by atomic mass is 10.0. The molecule has 1 aromatic carbocycles. The third-order valence-corrected chi connectivity index (χ3v) is 3.99. The molecule has 1 aromatic rings. The van der Waals surface area contributed by atoms with Crippen LogP contribution in [0.4, 0.5) is 4.79 Å². The first-order valence-corrected chi connectivity index (χ1v) is 7.89. The van der Waals surface area contributed by atoms with Gasteiger partial charge in [-0.1, -0.05) is 28.1 Å². The SMILES string of the molecule is CC(C)(C)OC(=O)NC1(C(=O)O)CC1C(=O)c1cccc(Br)c1. The van der Waals surface area contributed by atoms with Crippen LogP contribution >= 0.6 is 15.9 Å². The lowest BCUT2D eigenvalue weighted by Gasteiger charge is -2.22. The first-order valence-electron chi connectivity index (χ1n) is 7.09. The monoisotopic (exact) mass is 383 g/mol. The molecule has 0 radical (unpaired) electrons. The normalized spacial score (nSPS) is 23.0. The number of ether oxygens (including phenoxy) is 1. The van der Waals surface area contributed by atoms with E-state index >= 15 is 0 Å². The molecule has 0 bridgehead atoms. The Morgan fingerprint density at radius 3 is 2.52 bits per heavy atom. The van der Waals surface area contributed by atoms with Gasteiger partial charge in [0.05, 0.1) is 5.92 Å². The highest BCUT2D eigenvalue weighted by molar-refractivity contribution is 9.10. The molecule has 0 spiro atoms. The van der Waals surface area contributed by atoms with Gasteiger partial charge in [-0.25, -0.2) is 9.59 Å². The van der Waals surface area contributed by atoms with Crippen molar-refractivity contribution in [2.45, 2.75) is 38.3 Å². The number of carboxylic acid groups (broad SMARTS) is 1. The largest absolute Gasteiger partial charge is 0.479 e. The van der Waals surface area contributed by atoms with Crippen molar-refractivity contribution in [2.75, 3.05) is 0 Å². The first-order chi connectivity index (χ1) is 10.5. The van der Waals surface area contributed by atoms with Crippen molar-refractivity contribution >= 4 is 33.8 Å². The lowest BCUT2D eigenvalue weighted by molar-refractivity contribution is -0.141. The Morgan fingerprint density at radius 1 is 1.35 bits per heavy atom. The molecule has 0 aliphatic heterocycles. The number of hydrogen-bond acceptors (Lipinski definition) is 4. The van der Waals surface area contributed by atoms with E-state index in [1.54, 1.807) is 45.0 Å². The predicted octanol–water partition coefficient (Wildman–Crippen LogP) is 3.00. The number of rotatable bonds is 4. The summed E-state index contributed by atoms with van der Waals surface area (Å²) in [5, 5.41) is 11.8. The second kappa shape index (κ2) is 5.96. The number of hydrogen-bond donors (Lipinski definition) is 2. The highest BCUT2D eigenvalue weighted by atomic mass is 79.9. The van der Waals surface area contributed by atoms with Crippen LogP contribution in [0.3, 0.4) is 0 Å². The molecule has 0 saturated heterocycles. The third-order valence-electron chi connectivity index (χ3n) is 3.49. The fourth-order valence-corrected chi connectivity index (χ4v) is 2.74. The van der Waals surface area contributed by atoms with E-state index in [9.17, 15) is 19.5 Å². The van der Waals surface area contributed by atoms with Gasteiger partial charge in [0.2, 0.25) is 0 Å². The highest BCUT2D eigenvalue weighted by Gasteiger charge is 2.65. The van der Waals surface area contributed by atoms with Gasteiger partial charge in [-0.2, -0.15) is 0 Å². The molecule has 0 heterocycles. The van der Waals surface area contributed by atoms with E-state index in [1.165, 1.54) is 0 Å². The fourth-order valence-electron chi connectivity index (χ4n) is 2.34. The van der Waals surface area contributed by atoms with Crippen LogP contribution in [0.2, 0.25) is 0 Å². The quantitative estimate of drug-likeness (QED) is 0.779. The second-order valence-corrected chi connectivity index (χ2v) is 7.45. The fraction of sp³-hybridized carbons (Fsp3) is 0.438. The molecule has 1 fully saturated rings. The number of alkyl carbamates (subject to hydrolysis) is 1. The molecule has 2 N–H and O–H groups in total. The van der Waals surface area contributed by atoms with E-state index in [-0.39, 0.29) is 12.2 Å². The lowest BCUT2D eigenvalue weighted by Crippen LogP contribution is -2.47. The van der Waals surface area contributed by atoms with Gasteiger partial charge in [-0.15, -0.1) is 0 Å². The molecule has 1 amide bonds. The Bertz CT molecular complexity index is 667. The van der Waals surface area contributed by atoms with Gasteiger partial charge in [0.1, 0.15) is 5.60 Å². The maximum Gasteiger partial charge on any atom is 0.408 e. The van der Waals surface area contributed by atoms with Crippen LogP contribution in [0, 0.1) is 5.92 Å². The second-order valence-electron chi connectivity index (χ2n) is 6.53. The van der Waals surface area contributed by atoms with Crippen molar-refractivity contribution in [3.63, 3.8) is 0 Å². The molecule has 23 heavy (non-hydrogen) atoms. The maximum atomic E-state index is 12.5. The molecule has 124 valence electrons. The van der Waals surface area contributed by atoms with E-state index in [1.807, 2.05) is 0 Å². The minimum atomic E-state index is -1.60. The number of Topliss-reactive ketones (excluding diaryl/α,β-unsaturated/α-hetero) is 1. The predicted molar refractivity (Wildman–Crippen MR) is 86.3 cm³/mol. The van der Waals surface area contributed by atoms with Crippen molar-refractivity contribution < 1.29 is 24.2 Å². The smallest absolute Gasteiger partial charge is 0.408 e. The standard InChI is InChI=1S/C16H18BrNO5/c1-15(2,3)23-14(22)18-16(13(20)21)8-11(16)12(19)9-5-4-6-10(17)7-9/h4-7,11H,8H2,1-3H3,(H,18,22)(H,20,21). The van der Waals surface area contributed by atoms with Gasteiger partial charge in [0.25, 0.3) is 0 Å². The molecule has 2 atom stereocenters. The maximum absolute atomic E-state index is 12.5. The number of carbonyl (C=O) groups excluding carboxylic acids is 2. The minimum absolute atomic E-state index is 0.0485. The summed E-state index contributed by atoms with van der Waals surface area (Å²) in [4.78, 5) is 35.9. The van der Waals surface area contributed by atoms with E-state index < -0.39 is 29.1 Å². The van der Waals surface area contributed by atoms with Crippen LogP contribution in [0.25, 0.3) is 0 Å². The third kappa shape index (κ3) is 3.90. The highest BCUT2D eigenvalue weighted by Crippen LogP contribution is 2.46. The van der Waals surface area contributed by atoms with Gasteiger partial charge >= 0.3 is 12.1 Å². The van der Waals surface area contributed by atoms with Crippen molar-refractivity contribution in [3.05, 3.63) is 34.3 Å². The summed E-state index contributed by atoms with van der Waals surface area (Å²) < 4.78 is 5.81. The van der Waals surface area contributed by atoms with Crippen LogP contribution < -0.4 is 5.32 Å². The van der Waals surface area contributed by atoms with Gasteiger partial charge in [0, 0.05) is 10.0 Å². The van der Waals surface area contributed by atoms with Gasteiger partial charge in [-0.3, -0.25) is 4.79 Å². The average molecular weight is 384 g/mol. The zero-order valence-corrected chi connectivity index (χ0v) is 14.6. The van der Waals surface area contributed by atoms with Crippen molar-refractivity contribution in [2.24, 2.45) is 5.92 Å². The van der Waals surface area contributed by atoms with Gasteiger partial charge in [-0.05, 0) is 39.3 Å². The number of nitrogens with one attached hydrogen (secondary N) is 1. The molecule has 6 nitrogen and oxygen atoms in total. The van der Waals surface area contributed by atoms with Crippen LogP contribution in [-0.2, 0) is 9.53 Å². The van der Waals surface area contributed by atoms with E-state index in [0.29, 0.717) is 5.56 Å². The Hall–Kier alpha value is -1.89. The average Bonchev–Trinajstić information content (AvgIpc) is 3.11. The van der Waals surface area contributed by atoms with Crippen LogP contribution in [0.1, 0.15) is 37.6 Å². The van der Waals surface area contributed by atoms with Crippen LogP contribution in [-0.4, -0.2) is 34.1 Å². The van der Waals surface area contributed by atoms with Crippen molar-refractivity contribution in [3.8, 4) is 0 Å². The van der Waals surface area contributed by atoms with Crippen molar-refractivity contribution in [1.82, 2.24) is 5.32 Å². The zero-order valence-electron chi connectivity index (χ0n) is 13.1. The summed E-state index contributed by atoms with van der Waals surface area (Å²) in [7, 11) is 0. The van der Waals surface area contributed by atoms with E-state index in [4.69, 9.17) is 4.74 Å². The van der Waals surface area contributed by atoms with Gasteiger partial charge < -0.3 is 15.2 Å². The first kappa shape index (κ1) is 17.5. The summed E-state index contributed by atoms with van der Waals surface area (Å²) in [5.41, 5.74) is -1.94. The van der Waals surface area contributed by atoms with Gasteiger partial charge in [0.15, 0.2) is 11.3 Å². The number of aliphatic carboxylic acids is 1. The Labute approximate surface area is 142 Å². The summed E-state index contributed by atoms with van der Waals surface area (Å²) in [6, 6.07) is 6.71. The Morgan fingerprint density at radius 2 is 2.00 bits per heavy atom. The molecule has 1 aliphatic rings. The summed E-state index contributed by atoms with van der Waals surface area (Å²) in [6.45, 7) is 5.03. The van der Waals surface area contributed by atoms with E-state index in [2.05, 4.69) is 21.2 Å². The Balaban J connectivity index is 2.15. The topological polar surface area (TPSA) is 92.7 Å². The summed E-state index contributed by atoms with van der Waals surface area (Å²) >= 11 is 3.27. The molecule has 0 aromatic heterocycles. The molecule has 2 unspecified atom stereocenters. The molecule has 1 saturated carbocycles. The Kier molecular flexibility index (Phi) is 4.52. The van der Waals surface area contributed by atoms with Crippen LogP contribution in [0.15, 0.2) is 28.7 Å². The zero-order chi connectivity index (χ0) is 17.4. The molecule has 2 rings (SSSR count). The van der Waals surface area contributed by atoms with Crippen molar-refractivity contribution in [1.29, 1.82) is 0 Å². The number of ketones is 1. The number of carboxylic acids is 1. The molecular formula is C16H18BrNO5. The molecule has 1 aliphatic carbocycles. The number of amides is 1. The van der Waals surface area contributed by atoms with Crippen LogP contribution in [0.5, 0.6) is 0 Å². The summed E-state index contributed by atoms with van der Waals surface area (Å²) in [6.07, 6.45) is -0.795. The number of halogens is 1. The summed E-state index contributed by atoms with van der Waals surface area (Å²) in [5.74, 6) is -2.36. The number of benzene rings is 1. The number of carbonyl (C=O) groups is 3. The minimum Gasteiger partial charge on any atom is -0.479 e. The molecule has 7 heteroatoms. The van der Waals surface area contributed by atoms with E-state index in [0.717, 1.165) is 4.47 Å².